The maximum Gasteiger partial charge on any atom is 0.319 e. The van der Waals surface area contributed by atoms with Crippen LogP contribution < -0.4 is 20.4 Å². The monoisotopic (exact) mass is 438 g/mol. The fourth-order valence-corrected chi connectivity index (χ4v) is 4.83. The Balaban J connectivity index is 1.26. The van der Waals surface area contributed by atoms with E-state index in [-0.39, 0.29) is 23.8 Å². The van der Waals surface area contributed by atoms with Crippen LogP contribution in [0.15, 0.2) is 48.5 Å². The summed E-state index contributed by atoms with van der Waals surface area (Å²) in [5.74, 6) is -0.723. The van der Waals surface area contributed by atoms with E-state index in [1.165, 1.54) is 11.0 Å². The number of amides is 3. The molecule has 168 valence electrons. The SMILES string of the molecule is O=C(Nc1ccccc1)N[C@@H]1CCCN(c2ccc(N3C[C@H]4CC[C@@H](C3)O4)cc2F)C1=O. The van der Waals surface area contributed by atoms with Crippen LogP contribution in [-0.2, 0) is 9.53 Å². The van der Waals surface area contributed by atoms with Crippen LogP contribution in [0, 0.1) is 5.82 Å². The van der Waals surface area contributed by atoms with Crippen molar-refractivity contribution in [1.29, 1.82) is 0 Å². The third-order valence-electron chi connectivity index (χ3n) is 6.41. The Morgan fingerprint density at radius 1 is 1.03 bits per heavy atom. The zero-order valence-corrected chi connectivity index (χ0v) is 17.8. The van der Waals surface area contributed by atoms with Crippen molar-refractivity contribution in [2.24, 2.45) is 0 Å². The highest BCUT2D eigenvalue weighted by Crippen LogP contribution is 2.32. The van der Waals surface area contributed by atoms with Crippen molar-refractivity contribution in [3.63, 3.8) is 0 Å². The minimum Gasteiger partial charge on any atom is -0.371 e. The number of urea groups is 1. The number of carbonyl (C=O) groups is 2. The number of carbonyl (C=O) groups excluding carboxylic acids is 2. The van der Waals surface area contributed by atoms with Gasteiger partial charge in [-0.3, -0.25) is 4.79 Å². The molecule has 5 rings (SSSR count). The summed E-state index contributed by atoms with van der Waals surface area (Å²) in [4.78, 5) is 29.0. The van der Waals surface area contributed by atoms with Gasteiger partial charge in [-0.05, 0) is 56.0 Å². The highest BCUT2D eigenvalue weighted by Gasteiger charge is 2.35. The summed E-state index contributed by atoms with van der Waals surface area (Å²) in [6.07, 6.45) is 3.74. The number of rotatable bonds is 4. The molecule has 3 amide bonds. The fraction of sp³-hybridized carbons (Fsp3) is 0.417. The van der Waals surface area contributed by atoms with Crippen LogP contribution in [-0.4, -0.2) is 49.8 Å². The van der Waals surface area contributed by atoms with Gasteiger partial charge in [-0.15, -0.1) is 0 Å². The van der Waals surface area contributed by atoms with Crippen LogP contribution >= 0.6 is 0 Å². The number of para-hydroxylation sites is 1. The van der Waals surface area contributed by atoms with E-state index in [2.05, 4.69) is 15.5 Å². The average Bonchev–Trinajstić information content (AvgIpc) is 3.13. The zero-order valence-electron chi connectivity index (χ0n) is 17.8. The molecule has 0 unspecified atom stereocenters. The van der Waals surface area contributed by atoms with Crippen molar-refractivity contribution in [1.82, 2.24) is 5.32 Å². The molecule has 0 aromatic heterocycles. The molecule has 3 saturated heterocycles. The van der Waals surface area contributed by atoms with Crippen LogP contribution in [0.4, 0.5) is 26.2 Å². The van der Waals surface area contributed by atoms with Gasteiger partial charge in [0, 0.05) is 31.0 Å². The molecule has 2 N–H and O–H groups in total. The van der Waals surface area contributed by atoms with Gasteiger partial charge in [0.1, 0.15) is 11.9 Å². The lowest BCUT2D eigenvalue weighted by molar-refractivity contribution is -0.121. The number of benzene rings is 2. The van der Waals surface area contributed by atoms with Crippen LogP contribution in [0.5, 0.6) is 0 Å². The topological polar surface area (TPSA) is 73.9 Å². The predicted molar refractivity (Wildman–Crippen MR) is 120 cm³/mol. The van der Waals surface area contributed by atoms with E-state index < -0.39 is 17.9 Å². The molecule has 2 aromatic carbocycles. The molecule has 3 aliphatic rings. The van der Waals surface area contributed by atoms with Gasteiger partial charge in [-0.1, -0.05) is 18.2 Å². The summed E-state index contributed by atoms with van der Waals surface area (Å²) in [7, 11) is 0. The molecule has 0 radical (unpaired) electrons. The highest BCUT2D eigenvalue weighted by molar-refractivity contribution is 6.01. The molecule has 8 heteroatoms. The Morgan fingerprint density at radius 3 is 2.50 bits per heavy atom. The predicted octanol–water partition coefficient (Wildman–Crippen LogP) is 3.51. The van der Waals surface area contributed by atoms with Crippen LogP contribution in [0.1, 0.15) is 25.7 Å². The van der Waals surface area contributed by atoms with Gasteiger partial charge < -0.3 is 25.2 Å². The summed E-state index contributed by atoms with van der Waals surface area (Å²) in [5, 5.41) is 5.45. The van der Waals surface area contributed by atoms with E-state index in [9.17, 15) is 9.59 Å². The third kappa shape index (κ3) is 4.27. The number of halogens is 1. The van der Waals surface area contributed by atoms with Gasteiger partial charge in [0.25, 0.3) is 0 Å². The summed E-state index contributed by atoms with van der Waals surface area (Å²) >= 11 is 0. The van der Waals surface area contributed by atoms with Crippen molar-refractivity contribution < 1.29 is 18.7 Å². The second-order valence-electron chi connectivity index (χ2n) is 8.65. The number of nitrogens with zero attached hydrogens (tertiary/aromatic N) is 2. The molecule has 7 nitrogen and oxygen atoms in total. The third-order valence-corrected chi connectivity index (χ3v) is 6.41. The Bertz CT molecular complexity index is 990. The van der Waals surface area contributed by atoms with Crippen LogP contribution in [0.25, 0.3) is 0 Å². The van der Waals surface area contributed by atoms with Crippen LogP contribution in [0.2, 0.25) is 0 Å². The zero-order chi connectivity index (χ0) is 22.1. The first-order valence-electron chi connectivity index (χ1n) is 11.2. The molecule has 3 heterocycles. The van der Waals surface area contributed by atoms with Gasteiger partial charge >= 0.3 is 6.03 Å². The highest BCUT2D eigenvalue weighted by atomic mass is 19.1. The first kappa shape index (κ1) is 20.8. The largest absolute Gasteiger partial charge is 0.371 e. The quantitative estimate of drug-likeness (QED) is 0.766. The summed E-state index contributed by atoms with van der Waals surface area (Å²) in [5.41, 5.74) is 1.71. The molecule has 2 bridgehead atoms. The van der Waals surface area contributed by atoms with Crippen molar-refractivity contribution in [2.45, 2.75) is 43.9 Å². The van der Waals surface area contributed by atoms with E-state index >= 15 is 4.39 Å². The number of morpholine rings is 1. The van der Waals surface area contributed by atoms with E-state index in [0.29, 0.717) is 25.1 Å². The van der Waals surface area contributed by atoms with Crippen molar-refractivity contribution in [3.05, 3.63) is 54.3 Å². The smallest absolute Gasteiger partial charge is 0.319 e. The fourth-order valence-electron chi connectivity index (χ4n) is 4.83. The first-order chi connectivity index (χ1) is 15.6. The lowest BCUT2D eigenvalue weighted by Gasteiger charge is -2.35. The van der Waals surface area contributed by atoms with Gasteiger partial charge in [0.2, 0.25) is 5.91 Å². The molecular weight excluding hydrogens is 411 g/mol. The Hall–Kier alpha value is -3.13. The molecule has 32 heavy (non-hydrogen) atoms. The molecule has 0 aliphatic carbocycles. The van der Waals surface area contributed by atoms with Crippen molar-refractivity contribution in [2.75, 3.05) is 34.8 Å². The molecule has 0 saturated carbocycles. The lowest BCUT2D eigenvalue weighted by Crippen LogP contribution is -2.53. The van der Waals surface area contributed by atoms with E-state index in [1.54, 1.807) is 18.2 Å². The van der Waals surface area contributed by atoms with E-state index in [0.717, 1.165) is 31.6 Å². The van der Waals surface area contributed by atoms with Crippen molar-refractivity contribution in [3.8, 4) is 0 Å². The molecule has 3 atom stereocenters. The van der Waals surface area contributed by atoms with Gasteiger partial charge in [0.15, 0.2) is 0 Å². The van der Waals surface area contributed by atoms with Crippen molar-refractivity contribution >= 4 is 29.0 Å². The number of hydrogen-bond donors (Lipinski definition) is 2. The number of piperidine rings is 1. The molecular formula is C24H27FN4O3. The van der Waals surface area contributed by atoms with Crippen LogP contribution in [0.3, 0.4) is 0 Å². The normalized spacial score (nSPS) is 25.0. The second kappa shape index (κ2) is 8.78. The van der Waals surface area contributed by atoms with E-state index in [4.69, 9.17) is 4.74 Å². The Kier molecular flexibility index (Phi) is 5.70. The standard InChI is InChI=1S/C24H27FN4O3/c25-20-13-17(28-14-18-9-10-19(15-28)32-18)8-11-22(20)29-12-4-7-21(23(29)30)27-24(31)26-16-5-2-1-3-6-16/h1-3,5-6,8,11,13,18-19,21H,4,7,9-10,12,14-15H2,(H2,26,27,31)/t18-,19+,21-/m1/s1. The summed E-state index contributed by atoms with van der Waals surface area (Å²) in [6.45, 7) is 1.95. The summed E-state index contributed by atoms with van der Waals surface area (Å²) in [6, 6.07) is 12.9. The Labute approximate surface area is 186 Å². The van der Waals surface area contributed by atoms with Gasteiger partial charge in [0.05, 0.1) is 17.9 Å². The van der Waals surface area contributed by atoms with Gasteiger partial charge in [-0.2, -0.15) is 0 Å². The number of nitrogens with one attached hydrogen (secondary N) is 2. The van der Waals surface area contributed by atoms with Gasteiger partial charge in [-0.25, -0.2) is 9.18 Å². The Morgan fingerprint density at radius 2 is 1.78 bits per heavy atom. The number of ether oxygens (including phenoxy) is 1. The molecule has 3 fully saturated rings. The average molecular weight is 439 g/mol. The number of hydrogen-bond acceptors (Lipinski definition) is 4. The summed E-state index contributed by atoms with van der Waals surface area (Å²) < 4.78 is 21.0. The molecule has 2 aromatic rings. The minimum atomic E-state index is -0.693. The number of fused-ring (bicyclic) bond motifs is 2. The maximum absolute atomic E-state index is 15.1. The molecule has 3 aliphatic heterocycles. The first-order valence-corrected chi connectivity index (χ1v) is 11.2. The lowest BCUT2D eigenvalue weighted by atomic mass is 10.0. The number of anilines is 3. The van der Waals surface area contributed by atoms with E-state index in [1.807, 2.05) is 24.3 Å². The maximum atomic E-state index is 15.1. The minimum absolute atomic E-state index is 0.217. The second-order valence-corrected chi connectivity index (χ2v) is 8.65. The molecule has 0 spiro atoms.